The maximum absolute atomic E-state index is 12.8. The summed E-state index contributed by atoms with van der Waals surface area (Å²) in [5.74, 6) is -1.43. The van der Waals surface area contributed by atoms with E-state index in [0.29, 0.717) is 12.8 Å². The van der Waals surface area contributed by atoms with Crippen LogP contribution >= 0.6 is 0 Å². The van der Waals surface area contributed by atoms with Crippen molar-refractivity contribution in [2.75, 3.05) is 0 Å². The minimum absolute atomic E-state index is 0.123. The summed E-state index contributed by atoms with van der Waals surface area (Å²) in [6.45, 7) is 3.79. The molecule has 0 aromatic rings. The molecule has 90 valence electrons. The fourth-order valence-electron chi connectivity index (χ4n) is 2.52. The lowest BCUT2D eigenvalue weighted by Crippen LogP contribution is -2.45. The van der Waals surface area contributed by atoms with Crippen LogP contribution in [0, 0.1) is 17.8 Å². The van der Waals surface area contributed by atoms with Crippen molar-refractivity contribution in [2.45, 2.75) is 51.7 Å². The molecule has 1 saturated carbocycles. The van der Waals surface area contributed by atoms with Crippen molar-refractivity contribution in [1.82, 2.24) is 0 Å². The van der Waals surface area contributed by atoms with Gasteiger partial charge in [-0.05, 0) is 24.7 Å². The lowest BCUT2D eigenvalue weighted by atomic mass is 9.72. The van der Waals surface area contributed by atoms with Crippen LogP contribution in [0.5, 0.6) is 0 Å². The van der Waals surface area contributed by atoms with Crippen molar-refractivity contribution in [3.05, 3.63) is 0 Å². The van der Waals surface area contributed by atoms with Crippen molar-refractivity contribution >= 4 is 0 Å². The Labute approximate surface area is 89.2 Å². The van der Waals surface area contributed by atoms with Crippen molar-refractivity contribution in [3.63, 3.8) is 0 Å². The number of nitrogens with two attached hydrogens (primary N) is 1. The highest BCUT2D eigenvalue weighted by Crippen LogP contribution is 2.43. The number of hydrogen-bond acceptors (Lipinski definition) is 1. The molecule has 1 nitrogen and oxygen atoms in total. The Morgan fingerprint density at radius 2 is 1.67 bits per heavy atom. The highest BCUT2D eigenvalue weighted by atomic mass is 19.4. The fourth-order valence-corrected chi connectivity index (χ4v) is 2.52. The van der Waals surface area contributed by atoms with Crippen LogP contribution in [-0.4, -0.2) is 12.2 Å². The van der Waals surface area contributed by atoms with Gasteiger partial charge in [-0.2, -0.15) is 13.2 Å². The van der Waals surface area contributed by atoms with Gasteiger partial charge in [-0.1, -0.05) is 26.7 Å². The van der Waals surface area contributed by atoms with E-state index < -0.39 is 12.1 Å². The highest BCUT2D eigenvalue weighted by molar-refractivity contribution is 4.88. The fraction of sp³-hybridized carbons (Fsp3) is 1.00. The van der Waals surface area contributed by atoms with Gasteiger partial charge in [-0.3, -0.25) is 0 Å². The van der Waals surface area contributed by atoms with Crippen molar-refractivity contribution in [3.8, 4) is 0 Å². The predicted molar refractivity (Wildman–Crippen MR) is 54.3 cm³/mol. The zero-order chi connectivity index (χ0) is 11.6. The molecule has 0 aromatic carbocycles. The normalized spacial score (nSPS) is 30.6. The van der Waals surface area contributed by atoms with Gasteiger partial charge in [0.25, 0.3) is 0 Å². The summed E-state index contributed by atoms with van der Waals surface area (Å²) in [6.07, 6.45) is -1.61. The molecule has 0 spiro atoms. The molecule has 0 heterocycles. The third-order valence-electron chi connectivity index (χ3n) is 3.50. The lowest BCUT2D eigenvalue weighted by molar-refractivity contribution is -0.199. The van der Waals surface area contributed by atoms with E-state index in [4.69, 9.17) is 5.73 Å². The summed E-state index contributed by atoms with van der Waals surface area (Å²) >= 11 is 0. The second kappa shape index (κ2) is 4.73. The summed E-state index contributed by atoms with van der Waals surface area (Å²) in [6, 6.07) is -0.322. The maximum atomic E-state index is 12.8. The SMILES string of the molecule is CC(C)C(N)C1CCCCC1C(F)(F)F. The molecule has 0 amide bonds. The third-order valence-corrected chi connectivity index (χ3v) is 3.50. The Hall–Kier alpha value is -0.250. The Morgan fingerprint density at radius 3 is 2.13 bits per heavy atom. The minimum Gasteiger partial charge on any atom is -0.327 e. The maximum Gasteiger partial charge on any atom is 0.392 e. The Morgan fingerprint density at radius 1 is 1.13 bits per heavy atom. The molecule has 0 bridgehead atoms. The number of alkyl halides is 3. The minimum atomic E-state index is -4.07. The quantitative estimate of drug-likeness (QED) is 0.763. The molecule has 1 aliphatic rings. The molecule has 2 N–H and O–H groups in total. The zero-order valence-corrected chi connectivity index (χ0v) is 9.35. The van der Waals surface area contributed by atoms with E-state index in [1.54, 1.807) is 0 Å². The Bertz CT molecular complexity index is 200. The molecule has 0 radical (unpaired) electrons. The molecule has 0 saturated heterocycles. The van der Waals surface area contributed by atoms with Gasteiger partial charge >= 0.3 is 6.18 Å². The second-order valence-electron chi connectivity index (χ2n) is 4.92. The summed E-state index contributed by atoms with van der Waals surface area (Å²) in [5.41, 5.74) is 5.88. The average molecular weight is 223 g/mol. The number of rotatable bonds is 2. The van der Waals surface area contributed by atoms with Gasteiger partial charge in [0.15, 0.2) is 0 Å². The molecule has 4 heteroatoms. The van der Waals surface area contributed by atoms with Gasteiger partial charge in [-0.25, -0.2) is 0 Å². The van der Waals surface area contributed by atoms with Gasteiger partial charge in [0, 0.05) is 6.04 Å². The molecule has 1 fully saturated rings. The van der Waals surface area contributed by atoms with Crippen LogP contribution in [0.25, 0.3) is 0 Å². The molecule has 0 aromatic heterocycles. The molecule has 1 rings (SSSR count). The molecular weight excluding hydrogens is 203 g/mol. The molecule has 15 heavy (non-hydrogen) atoms. The van der Waals surface area contributed by atoms with Gasteiger partial charge in [0.1, 0.15) is 0 Å². The van der Waals surface area contributed by atoms with E-state index in [1.165, 1.54) is 0 Å². The van der Waals surface area contributed by atoms with E-state index in [9.17, 15) is 13.2 Å². The van der Waals surface area contributed by atoms with E-state index >= 15 is 0 Å². The van der Waals surface area contributed by atoms with Crippen LogP contribution in [0.3, 0.4) is 0 Å². The first-order chi connectivity index (χ1) is 6.84. The van der Waals surface area contributed by atoms with Crippen molar-refractivity contribution in [1.29, 1.82) is 0 Å². The van der Waals surface area contributed by atoms with Gasteiger partial charge < -0.3 is 5.73 Å². The predicted octanol–water partition coefficient (Wildman–Crippen LogP) is 3.34. The number of halogens is 3. The summed E-state index contributed by atoms with van der Waals surface area (Å²) < 4.78 is 38.3. The standard InChI is InChI=1S/C11H20F3N/c1-7(2)10(15)8-5-3-4-6-9(8)11(12,13)14/h7-10H,3-6,15H2,1-2H3. The molecule has 3 unspecified atom stereocenters. The lowest BCUT2D eigenvalue weighted by Gasteiger charge is -2.38. The largest absolute Gasteiger partial charge is 0.392 e. The van der Waals surface area contributed by atoms with Gasteiger partial charge in [-0.15, -0.1) is 0 Å². The number of hydrogen-bond donors (Lipinski definition) is 1. The Kier molecular flexibility index (Phi) is 4.04. The van der Waals surface area contributed by atoms with Crippen LogP contribution < -0.4 is 5.73 Å². The van der Waals surface area contributed by atoms with E-state index in [1.807, 2.05) is 13.8 Å². The third kappa shape index (κ3) is 3.10. The first kappa shape index (κ1) is 12.8. The summed E-state index contributed by atoms with van der Waals surface area (Å²) in [5, 5.41) is 0. The van der Waals surface area contributed by atoms with E-state index in [0.717, 1.165) is 6.42 Å². The zero-order valence-electron chi connectivity index (χ0n) is 9.35. The Balaban J connectivity index is 2.74. The van der Waals surface area contributed by atoms with E-state index in [2.05, 4.69) is 0 Å². The highest BCUT2D eigenvalue weighted by Gasteiger charge is 2.47. The molecular formula is C11H20F3N. The average Bonchev–Trinajstić information content (AvgIpc) is 2.15. The molecule has 1 aliphatic carbocycles. The first-order valence-corrected chi connectivity index (χ1v) is 5.66. The topological polar surface area (TPSA) is 26.0 Å². The smallest absolute Gasteiger partial charge is 0.327 e. The van der Waals surface area contributed by atoms with Crippen LogP contribution in [0.4, 0.5) is 13.2 Å². The van der Waals surface area contributed by atoms with Crippen molar-refractivity contribution < 1.29 is 13.2 Å². The van der Waals surface area contributed by atoms with E-state index in [-0.39, 0.29) is 24.3 Å². The summed E-state index contributed by atoms with van der Waals surface area (Å²) in [7, 11) is 0. The summed E-state index contributed by atoms with van der Waals surface area (Å²) in [4.78, 5) is 0. The van der Waals surface area contributed by atoms with Crippen molar-refractivity contribution in [2.24, 2.45) is 23.5 Å². The molecule has 3 atom stereocenters. The first-order valence-electron chi connectivity index (χ1n) is 5.66. The monoisotopic (exact) mass is 223 g/mol. The second-order valence-corrected chi connectivity index (χ2v) is 4.92. The van der Waals surface area contributed by atoms with Gasteiger partial charge in [0.05, 0.1) is 5.92 Å². The molecule has 0 aliphatic heterocycles. The van der Waals surface area contributed by atoms with Gasteiger partial charge in [0.2, 0.25) is 0 Å². The van der Waals surface area contributed by atoms with Crippen LogP contribution in [-0.2, 0) is 0 Å². The van der Waals surface area contributed by atoms with Crippen LogP contribution in [0.2, 0.25) is 0 Å². The van der Waals surface area contributed by atoms with Crippen LogP contribution in [0.1, 0.15) is 39.5 Å². The van der Waals surface area contributed by atoms with Crippen LogP contribution in [0.15, 0.2) is 0 Å².